The molecule has 4 nitrogen and oxygen atoms in total. The molecule has 4 rings (SSSR count). The van der Waals surface area contributed by atoms with Crippen molar-refractivity contribution in [1.82, 2.24) is 14.8 Å². The van der Waals surface area contributed by atoms with Crippen LogP contribution < -0.4 is 0 Å². The third-order valence-electron chi connectivity index (χ3n) is 4.14. The van der Waals surface area contributed by atoms with Crippen LogP contribution in [0.2, 0.25) is 0 Å². The van der Waals surface area contributed by atoms with Gasteiger partial charge in [-0.3, -0.25) is 4.68 Å². The highest BCUT2D eigenvalue weighted by Gasteiger charge is 2.12. The zero-order chi connectivity index (χ0) is 18.8. The van der Waals surface area contributed by atoms with Crippen molar-refractivity contribution in [3.63, 3.8) is 0 Å². The summed E-state index contributed by atoms with van der Waals surface area (Å²) < 4.78 is 15.4. The summed E-state index contributed by atoms with van der Waals surface area (Å²) in [7, 11) is 0.658. The molecule has 0 saturated carbocycles. The molecule has 4 aromatic rings. The van der Waals surface area contributed by atoms with Gasteiger partial charge in [0.1, 0.15) is 6.33 Å². The normalized spacial score (nSPS) is 12.0. The number of rotatable bonds is 5. The number of hydrogen-bond donors (Lipinski definition) is 0. The van der Waals surface area contributed by atoms with Gasteiger partial charge < -0.3 is 0 Å². The fraction of sp³-hybridized carbons (Fsp3) is 0.0476. The summed E-state index contributed by atoms with van der Waals surface area (Å²) in [6.07, 6.45) is 3.46. The van der Waals surface area contributed by atoms with Crippen molar-refractivity contribution in [3.05, 3.63) is 78.4 Å². The topological polar surface area (TPSA) is 47.8 Å². The van der Waals surface area contributed by atoms with Crippen molar-refractivity contribution in [2.75, 3.05) is 0 Å². The number of hydrogen-bond acceptors (Lipinski definition) is 4. The van der Waals surface area contributed by atoms with Crippen molar-refractivity contribution >= 4 is 28.2 Å². The summed E-state index contributed by atoms with van der Waals surface area (Å²) in [5, 5.41) is 6.39. The fourth-order valence-corrected chi connectivity index (χ4v) is 4.99. The molecule has 134 valence electrons. The molecule has 2 heterocycles. The van der Waals surface area contributed by atoms with Gasteiger partial charge in [0.2, 0.25) is 0 Å². The Morgan fingerprint density at radius 2 is 1.85 bits per heavy atom. The number of benzene rings is 2. The first-order chi connectivity index (χ1) is 13.1. The maximum Gasteiger partial charge on any atom is 0.181 e. The van der Waals surface area contributed by atoms with Crippen molar-refractivity contribution in [2.24, 2.45) is 7.05 Å². The van der Waals surface area contributed by atoms with Gasteiger partial charge in [-0.15, -0.1) is 11.3 Å². The van der Waals surface area contributed by atoms with Crippen molar-refractivity contribution in [3.8, 4) is 22.5 Å². The highest BCUT2D eigenvalue weighted by molar-refractivity contribution is 7.87. The van der Waals surface area contributed by atoms with Crippen molar-refractivity contribution in [2.45, 2.75) is 9.10 Å². The van der Waals surface area contributed by atoms with Crippen LogP contribution in [0.15, 0.2) is 82.0 Å². The lowest BCUT2D eigenvalue weighted by Crippen LogP contribution is -1.89. The molecule has 0 aliphatic carbocycles. The molecular weight excluding hydrogens is 374 g/mol. The minimum atomic E-state index is -1.19. The molecule has 0 fully saturated rings. The predicted octanol–water partition coefficient (Wildman–Crippen LogP) is 5.02. The standard InChI is InChI=1S/C21H17N3OS2/c1-3-15-7-9-19(10-8-15)27(25)20-12-18(13-26-20)16-5-4-6-17(11-16)21-22-14-24(2)23-21/h3-14H,1H2,2H3. The third kappa shape index (κ3) is 3.67. The van der Waals surface area contributed by atoms with E-state index in [0.717, 1.165) is 31.4 Å². The van der Waals surface area contributed by atoms with Gasteiger partial charge in [0.25, 0.3) is 0 Å². The van der Waals surface area contributed by atoms with Gasteiger partial charge in [-0.1, -0.05) is 43.0 Å². The first-order valence-corrected chi connectivity index (χ1v) is 10.4. The van der Waals surface area contributed by atoms with Crippen LogP contribution >= 0.6 is 11.3 Å². The Hall–Kier alpha value is -2.83. The average molecular weight is 392 g/mol. The minimum absolute atomic E-state index is 0.695. The zero-order valence-electron chi connectivity index (χ0n) is 14.7. The largest absolute Gasteiger partial charge is 0.255 e. The molecule has 0 saturated heterocycles. The number of aromatic nitrogens is 3. The summed E-state index contributed by atoms with van der Waals surface area (Å²) in [6.45, 7) is 3.75. The smallest absolute Gasteiger partial charge is 0.181 e. The molecule has 2 aromatic heterocycles. The fourth-order valence-electron chi connectivity index (χ4n) is 2.72. The lowest BCUT2D eigenvalue weighted by Gasteiger charge is -2.01. The van der Waals surface area contributed by atoms with Crippen LogP contribution in [0.4, 0.5) is 0 Å². The second-order valence-corrected chi connectivity index (χ2v) is 8.64. The lowest BCUT2D eigenvalue weighted by molar-refractivity contribution is 0.684. The van der Waals surface area contributed by atoms with E-state index in [0.29, 0.717) is 5.82 Å². The molecule has 1 atom stereocenters. The SMILES string of the molecule is C=Cc1ccc(S(=O)c2cc(-c3cccc(-c4ncn(C)n4)c3)cs2)cc1. The number of thiophene rings is 1. The molecule has 2 aromatic carbocycles. The lowest BCUT2D eigenvalue weighted by atomic mass is 10.1. The highest BCUT2D eigenvalue weighted by Crippen LogP contribution is 2.31. The van der Waals surface area contributed by atoms with E-state index in [1.54, 1.807) is 17.1 Å². The molecule has 0 radical (unpaired) electrons. The molecule has 0 aliphatic rings. The van der Waals surface area contributed by atoms with E-state index in [-0.39, 0.29) is 0 Å². The monoisotopic (exact) mass is 391 g/mol. The molecule has 0 spiro atoms. The Kier molecular flexibility index (Phi) is 4.83. The van der Waals surface area contributed by atoms with E-state index in [1.165, 1.54) is 11.3 Å². The summed E-state index contributed by atoms with van der Waals surface area (Å²) in [5.74, 6) is 0.695. The Balaban J connectivity index is 1.62. The summed E-state index contributed by atoms with van der Waals surface area (Å²) in [4.78, 5) is 5.10. The van der Waals surface area contributed by atoms with Crippen LogP contribution in [0.3, 0.4) is 0 Å². The van der Waals surface area contributed by atoms with Crippen molar-refractivity contribution in [1.29, 1.82) is 0 Å². The van der Waals surface area contributed by atoms with Crippen LogP contribution in [0.5, 0.6) is 0 Å². The van der Waals surface area contributed by atoms with Crippen LogP contribution in [-0.2, 0) is 17.8 Å². The average Bonchev–Trinajstić information content (AvgIpc) is 3.37. The molecule has 0 bridgehead atoms. The Morgan fingerprint density at radius 3 is 2.56 bits per heavy atom. The third-order valence-corrected chi connectivity index (χ3v) is 6.79. The van der Waals surface area contributed by atoms with E-state index >= 15 is 0 Å². The minimum Gasteiger partial charge on any atom is -0.255 e. The predicted molar refractivity (Wildman–Crippen MR) is 111 cm³/mol. The van der Waals surface area contributed by atoms with E-state index in [9.17, 15) is 4.21 Å². The van der Waals surface area contributed by atoms with Crippen molar-refractivity contribution < 1.29 is 4.21 Å². The Morgan fingerprint density at radius 1 is 1.07 bits per heavy atom. The van der Waals surface area contributed by atoms with E-state index in [2.05, 4.69) is 22.7 Å². The molecular formula is C21H17N3OS2. The second-order valence-electron chi connectivity index (χ2n) is 6.02. The van der Waals surface area contributed by atoms with Gasteiger partial charge in [0, 0.05) is 17.5 Å². The first-order valence-electron chi connectivity index (χ1n) is 8.33. The molecule has 0 N–H and O–H groups in total. The Labute approximate surface area is 164 Å². The van der Waals surface area contributed by atoms with Crippen LogP contribution in [0.1, 0.15) is 5.56 Å². The van der Waals surface area contributed by atoms with E-state index < -0.39 is 10.8 Å². The number of aryl methyl sites for hydroxylation is 1. The summed E-state index contributed by atoms with van der Waals surface area (Å²) in [5.41, 5.74) is 4.08. The number of nitrogens with zero attached hydrogens (tertiary/aromatic N) is 3. The van der Waals surface area contributed by atoms with Gasteiger partial charge in [-0.25, -0.2) is 9.19 Å². The Bertz CT molecular complexity index is 1130. The maximum atomic E-state index is 12.9. The first kappa shape index (κ1) is 17.6. The molecule has 0 amide bonds. The molecule has 6 heteroatoms. The van der Waals surface area contributed by atoms with Gasteiger partial charge in [0.15, 0.2) is 5.82 Å². The van der Waals surface area contributed by atoms with Gasteiger partial charge in [0.05, 0.1) is 15.0 Å². The highest BCUT2D eigenvalue weighted by atomic mass is 32.2. The summed E-state index contributed by atoms with van der Waals surface area (Å²) in [6, 6.07) is 17.7. The second kappa shape index (κ2) is 7.42. The van der Waals surface area contributed by atoms with E-state index in [4.69, 9.17) is 0 Å². The molecule has 0 aliphatic heterocycles. The summed E-state index contributed by atoms with van der Waals surface area (Å²) >= 11 is 1.51. The molecule has 1 unspecified atom stereocenters. The maximum absolute atomic E-state index is 12.9. The molecule has 27 heavy (non-hydrogen) atoms. The van der Waals surface area contributed by atoms with Gasteiger partial charge in [-0.05, 0) is 46.3 Å². The van der Waals surface area contributed by atoms with Gasteiger partial charge >= 0.3 is 0 Å². The van der Waals surface area contributed by atoms with Crippen LogP contribution in [0, 0.1) is 0 Å². The van der Waals surface area contributed by atoms with Gasteiger partial charge in [-0.2, -0.15) is 5.10 Å². The van der Waals surface area contributed by atoms with Crippen LogP contribution in [-0.4, -0.2) is 19.0 Å². The van der Waals surface area contributed by atoms with Crippen LogP contribution in [0.25, 0.3) is 28.6 Å². The quantitative estimate of drug-likeness (QED) is 0.480. The van der Waals surface area contributed by atoms with E-state index in [1.807, 2.05) is 61.0 Å². The zero-order valence-corrected chi connectivity index (χ0v) is 16.3.